The van der Waals surface area contributed by atoms with Crippen LogP contribution in [0.25, 0.3) is 11.1 Å². The minimum atomic E-state index is -3.47. The van der Waals surface area contributed by atoms with Crippen LogP contribution in [-0.4, -0.2) is 0 Å². The Morgan fingerprint density at radius 2 is 0.667 bits per heavy atom. The SMILES string of the molecule is C=CC(c1cc(N(c2ccc(C)cc2)c2ccc(C)cc2)ccc1Oc1ccc(N(c2ccc(C)cc2)c2ccc(C)cc2)cc1)C1c2cc(P(=O)(c3ccccc3)c3ccccc3)ccc2-c2ccc(P(=O)(c3ccccc3)c3ccccc3)cc21. The van der Waals surface area contributed by atoms with E-state index in [1.54, 1.807) is 0 Å². The highest BCUT2D eigenvalue weighted by Gasteiger charge is 2.40. The molecule has 0 N–H and O–H groups in total. The summed E-state index contributed by atoms with van der Waals surface area (Å²) in [5, 5.41) is 4.44. The maximum atomic E-state index is 16.5. The lowest BCUT2D eigenvalue weighted by molar-refractivity contribution is 0.471. The summed E-state index contributed by atoms with van der Waals surface area (Å²) in [6, 6.07) is 102. The molecule has 0 fully saturated rings. The van der Waals surface area contributed by atoms with Crippen LogP contribution >= 0.6 is 14.3 Å². The van der Waals surface area contributed by atoms with Crippen molar-refractivity contribution in [2.24, 2.45) is 0 Å². The zero-order chi connectivity index (χ0) is 59.7. The van der Waals surface area contributed by atoms with Gasteiger partial charge in [0.15, 0.2) is 14.3 Å². The summed E-state index contributed by atoms with van der Waals surface area (Å²) < 4.78 is 40.2. The standard InChI is InChI=1S/C80H66N2O3P2/c1-6-73(80-77-54-71(86(83,67-19-11-7-12-20-67)68-21-13-8-14-22-68)48-50-74(77)75-51-49-72(55-78(75)80)87(84,69-23-15-9-16-24-69)70-25-17-10-18-26-70)76-53-65(82(62-39-31-58(4)32-40-62)63-41-33-59(5)34-42-63)45-52-79(76)85-66-46-43-64(44-47-66)81(60-35-27-56(2)28-36-60)61-37-29-57(3)30-38-61/h6-55,73,80H,1H2,2-5H3. The number of anilines is 6. The van der Waals surface area contributed by atoms with Crippen LogP contribution in [0.4, 0.5) is 34.1 Å². The van der Waals surface area contributed by atoms with Gasteiger partial charge in [-0.05, 0) is 153 Å². The summed E-state index contributed by atoms with van der Waals surface area (Å²) in [5.74, 6) is 0.408. The summed E-state index contributed by atoms with van der Waals surface area (Å²) in [5.41, 5.74) is 15.6. The van der Waals surface area contributed by atoms with E-state index in [1.165, 1.54) is 11.1 Å². The van der Waals surface area contributed by atoms with Crippen LogP contribution < -0.4 is 46.4 Å². The molecule has 1 aliphatic carbocycles. The Labute approximate surface area is 511 Å². The van der Waals surface area contributed by atoms with Crippen LogP contribution in [0.15, 0.2) is 310 Å². The Kier molecular flexibility index (Phi) is 15.5. The highest BCUT2D eigenvalue weighted by atomic mass is 31.2. The lowest BCUT2D eigenvalue weighted by Crippen LogP contribution is -2.26. The Morgan fingerprint density at radius 3 is 1.00 bits per heavy atom. The van der Waals surface area contributed by atoms with E-state index in [4.69, 9.17) is 11.3 Å². The van der Waals surface area contributed by atoms with Crippen LogP contribution in [0.2, 0.25) is 0 Å². The van der Waals surface area contributed by atoms with E-state index < -0.39 is 26.1 Å². The molecule has 5 nitrogen and oxygen atoms in total. The number of benzene rings is 12. The first-order valence-corrected chi connectivity index (χ1v) is 33.0. The molecule has 12 aromatic rings. The van der Waals surface area contributed by atoms with E-state index >= 15 is 9.13 Å². The molecule has 0 aliphatic heterocycles. The van der Waals surface area contributed by atoms with Gasteiger partial charge < -0.3 is 23.7 Å². The fourth-order valence-corrected chi connectivity index (χ4v) is 17.8. The predicted molar refractivity (Wildman–Crippen MR) is 367 cm³/mol. The van der Waals surface area contributed by atoms with E-state index in [1.807, 2.05) is 140 Å². The molecule has 0 spiro atoms. The van der Waals surface area contributed by atoms with E-state index in [0.29, 0.717) is 11.5 Å². The molecule has 0 heterocycles. The van der Waals surface area contributed by atoms with Crippen LogP contribution in [0, 0.1) is 27.7 Å². The maximum Gasteiger partial charge on any atom is 0.171 e. The minimum absolute atomic E-state index is 0.433. The smallest absolute Gasteiger partial charge is 0.171 e. The van der Waals surface area contributed by atoms with E-state index in [-0.39, 0.29) is 0 Å². The lowest BCUT2D eigenvalue weighted by Gasteiger charge is -2.30. The second-order valence-corrected chi connectivity index (χ2v) is 28.2. The molecule has 13 rings (SSSR count). The second-order valence-electron chi connectivity index (χ2n) is 22.7. The van der Waals surface area contributed by atoms with Gasteiger partial charge in [0.25, 0.3) is 0 Å². The molecule has 87 heavy (non-hydrogen) atoms. The average Bonchev–Trinajstić information content (AvgIpc) is 1.70. The molecule has 1 unspecified atom stereocenters. The summed E-state index contributed by atoms with van der Waals surface area (Å²) in [4.78, 5) is 4.56. The summed E-state index contributed by atoms with van der Waals surface area (Å²) in [6.07, 6.45) is 2.04. The zero-order valence-corrected chi connectivity index (χ0v) is 51.0. The van der Waals surface area contributed by atoms with Gasteiger partial charge in [-0.25, -0.2) is 0 Å². The minimum Gasteiger partial charge on any atom is -0.457 e. The third kappa shape index (κ3) is 10.8. The van der Waals surface area contributed by atoms with E-state index in [2.05, 4.69) is 201 Å². The first kappa shape index (κ1) is 56.4. The second kappa shape index (κ2) is 24.0. The van der Waals surface area contributed by atoms with Gasteiger partial charge in [0.2, 0.25) is 0 Å². The van der Waals surface area contributed by atoms with Gasteiger partial charge in [0.1, 0.15) is 11.5 Å². The summed E-state index contributed by atoms with van der Waals surface area (Å²) in [7, 11) is -6.94. The topological polar surface area (TPSA) is 49.9 Å². The molecule has 424 valence electrons. The Balaban J connectivity index is 1.03. The van der Waals surface area contributed by atoms with Crippen molar-refractivity contribution < 1.29 is 13.9 Å². The van der Waals surface area contributed by atoms with Crippen molar-refractivity contribution in [3.8, 4) is 22.6 Å². The zero-order valence-electron chi connectivity index (χ0n) is 49.2. The molecule has 7 heteroatoms. The van der Waals surface area contributed by atoms with Gasteiger partial charge in [-0.15, -0.1) is 6.58 Å². The molecule has 1 atom stereocenters. The van der Waals surface area contributed by atoms with Crippen LogP contribution in [0.5, 0.6) is 11.5 Å². The van der Waals surface area contributed by atoms with Crippen LogP contribution in [0.1, 0.15) is 50.8 Å². The number of allylic oxidation sites excluding steroid dienone is 1. The van der Waals surface area contributed by atoms with E-state index in [9.17, 15) is 0 Å². The lowest BCUT2D eigenvalue weighted by atomic mass is 9.79. The van der Waals surface area contributed by atoms with Crippen molar-refractivity contribution in [2.45, 2.75) is 39.5 Å². The first-order valence-electron chi connectivity index (χ1n) is 29.6. The Morgan fingerprint density at radius 1 is 0.356 bits per heavy atom. The fourth-order valence-electron chi connectivity index (χ4n) is 12.4. The van der Waals surface area contributed by atoms with Crippen molar-refractivity contribution >= 4 is 80.2 Å². The number of rotatable bonds is 17. The molecule has 0 aromatic heterocycles. The molecule has 0 amide bonds. The van der Waals surface area contributed by atoms with E-state index in [0.717, 1.165) is 105 Å². The molecule has 0 saturated carbocycles. The van der Waals surface area contributed by atoms with Gasteiger partial charge in [0, 0.05) is 83.4 Å². The Hall–Kier alpha value is -9.76. The monoisotopic (exact) mass is 1160 g/mol. The van der Waals surface area contributed by atoms with Gasteiger partial charge in [-0.2, -0.15) is 0 Å². The highest BCUT2D eigenvalue weighted by Crippen LogP contribution is 2.56. The largest absolute Gasteiger partial charge is 0.457 e. The number of nitrogens with zero attached hydrogens (tertiary/aromatic N) is 2. The Bertz CT molecular complexity index is 4190. The van der Waals surface area contributed by atoms with Crippen molar-refractivity contribution in [1.82, 2.24) is 0 Å². The normalized spacial score (nSPS) is 12.4. The van der Waals surface area contributed by atoms with Crippen molar-refractivity contribution in [3.05, 3.63) is 349 Å². The van der Waals surface area contributed by atoms with Crippen LogP contribution in [0.3, 0.4) is 0 Å². The number of hydrogen-bond acceptors (Lipinski definition) is 5. The number of fused-ring (bicyclic) bond motifs is 3. The molecule has 1 aliphatic rings. The summed E-state index contributed by atoms with van der Waals surface area (Å²) >= 11 is 0. The molecular weight excluding hydrogens is 1100 g/mol. The van der Waals surface area contributed by atoms with Crippen molar-refractivity contribution in [2.75, 3.05) is 9.80 Å². The number of aryl methyl sites for hydroxylation is 4. The van der Waals surface area contributed by atoms with Gasteiger partial charge >= 0.3 is 0 Å². The third-order valence-electron chi connectivity index (χ3n) is 17.0. The highest BCUT2D eigenvalue weighted by molar-refractivity contribution is 7.85. The molecule has 0 radical (unpaired) electrons. The predicted octanol–water partition coefficient (Wildman–Crippen LogP) is 19.0. The molecule has 12 aromatic carbocycles. The third-order valence-corrected chi connectivity index (χ3v) is 23.1. The van der Waals surface area contributed by atoms with Gasteiger partial charge in [-0.3, -0.25) is 0 Å². The van der Waals surface area contributed by atoms with Gasteiger partial charge in [0.05, 0.1) is 0 Å². The maximum absolute atomic E-state index is 16.5. The van der Waals surface area contributed by atoms with Crippen molar-refractivity contribution in [1.29, 1.82) is 0 Å². The van der Waals surface area contributed by atoms with Crippen LogP contribution in [-0.2, 0) is 9.13 Å². The molecule has 0 bridgehead atoms. The number of hydrogen-bond donors (Lipinski definition) is 0. The van der Waals surface area contributed by atoms with Crippen molar-refractivity contribution in [3.63, 3.8) is 0 Å². The molecular formula is C80H66N2O3P2. The quantitative estimate of drug-likeness (QED) is 0.0672. The fraction of sp³-hybridized carbons (Fsp3) is 0.0750. The first-order chi connectivity index (χ1) is 42.5. The summed E-state index contributed by atoms with van der Waals surface area (Å²) in [6.45, 7) is 13.2. The molecule has 0 saturated heterocycles. The average molecular weight is 1170 g/mol. The number of ether oxygens (including phenoxy) is 1. The van der Waals surface area contributed by atoms with Gasteiger partial charge in [-0.1, -0.05) is 222 Å².